The lowest BCUT2D eigenvalue weighted by Gasteiger charge is -2.22. The summed E-state index contributed by atoms with van der Waals surface area (Å²) in [6.45, 7) is 5.63. The molecular weight excluding hydrogens is 402 g/mol. The van der Waals surface area contributed by atoms with Gasteiger partial charge < -0.3 is 10.1 Å². The molecular formula is C22H31F4NO3. The molecule has 1 atom stereocenters. The molecule has 170 valence electrons. The van der Waals surface area contributed by atoms with Crippen LogP contribution in [0, 0.1) is 11.7 Å². The van der Waals surface area contributed by atoms with Gasteiger partial charge in [0, 0.05) is 0 Å². The Balaban J connectivity index is 2.65. The zero-order valence-corrected chi connectivity index (χ0v) is 17.8. The molecule has 0 aliphatic rings. The lowest BCUT2D eigenvalue weighted by molar-refractivity contribution is -0.147. The average Bonchev–Trinajstić information content (AvgIpc) is 2.66. The van der Waals surface area contributed by atoms with Gasteiger partial charge in [0.2, 0.25) is 0 Å². The third-order valence-electron chi connectivity index (χ3n) is 4.73. The quantitative estimate of drug-likeness (QED) is 0.254. The largest absolute Gasteiger partial charge is 0.464 e. The van der Waals surface area contributed by atoms with Crippen molar-refractivity contribution in [1.82, 2.24) is 5.32 Å². The topological polar surface area (TPSA) is 55.4 Å². The highest BCUT2D eigenvalue weighted by molar-refractivity contribution is 5.98. The Labute approximate surface area is 175 Å². The number of alkyl halides is 3. The Kier molecular flexibility index (Phi) is 10.8. The maximum atomic E-state index is 13.2. The first-order valence-electron chi connectivity index (χ1n) is 10.4. The minimum atomic E-state index is -4.90. The monoisotopic (exact) mass is 433 g/mol. The van der Waals surface area contributed by atoms with E-state index in [0.29, 0.717) is 6.42 Å². The maximum Gasteiger partial charge on any atom is 0.417 e. The summed E-state index contributed by atoms with van der Waals surface area (Å²) in [7, 11) is 0. The maximum absolute atomic E-state index is 13.2. The number of amides is 1. The number of unbranched alkanes of at least 4 members (excludes halogenated alkanes) is 6. The highest BCUT2D eigenvalue weighted by Crippen LogP contribution is 2.32. The van der Waals surface area contributed by atoms with Gasteiger partial charge in [-0.15, -0.1) is 0 Å². The Morgan fingerprint density at radius 3 is 2.20 bits per heavy atom. The molecule has 0 fully saturated rings. The van der Waals surface area contributed by atoms with Crippen molar-refractivity contribution in [2.45, 2.75) is 77.9 Å². The molecule has 1 rings (SSSR count). The van der Waals surface area contributed by atoms with Crippen LogP contribution in [-0.2, 0) is 15.7 Å². The van der Waals surface area contributed by atoms with Crippen LogP contribution in [0.4, 0.5) is 17.6 Å². The van der Waals surface area contributed by atoms with Crippen molar-refractivity contribution in [2.75, 3.05) is 6.61 Å². The van der Waals surface area contributed by atoms with E-state index in [4.69, 9.17) is 4.74 Å². The minimum absolute atomic E-state index is 0.191. The van der Waals surface area contributed by atoms with Gasteiger partial charge in [-0.3, -0.25) is 4.79 Å². The van der Waals surface area contributed by atoms with Gasteiger partial charge >= 0.3 is 12.1 Å². The van der Waals surface area contributed by atoms with Crippen molar-refractivity contribution >= 4 is 11.9 Å². The number of benzene rings is 1. The molecule has 1 aromatic rings. The van der Waals surface area contributed by atoms with Gasteiger partial charge in [0.15, 0.2) is 0 Å². The van der Waals surface area contributed by atoms with Gasteiger partial charge in [0.25, 0.3) is 5.91 Å². The van der Waals surface area contributed by atoms with Crippen molar-refractivity contribution in [3.8, 4) is 0 Å². The lowest BCUT2D eigenvalue weighted by atomic mass is 10.0. The summed E-state index contributed by atoms with van der Waals surface area (Å²) in [5.41, 5.74) is -2.13. The van der Waals surface area contributed by atoms with Crippen LogP contribution in [0.15, 0.2) is 18.2 Å². The van der Waals surface area contributed by atoms with E-state index < -0.39 is 47.0 Å². The fourth-order valence-corrected chi connectivity index (χ4v) is 2.99. The van der Waals surface area contributed by atoms with Crippen LogP contribution < -0.4 is 5.32 Å². The Hall–Kier alpha value is -2.12. The van der Waals surface area contributed by atoms with Crippen LogP contribution in [0.2, 0.25) is 0 Å². The third-order valence-corrected chi connectivity index (χ3v) is 4.73. The van der Waals surface area contributed by atoms with Gasteiger partial charge in [-0.25, -0.2) is 9.18 Å². The Morgan fingerprint density at radius 2 is 1.63 bits per heavy atom. The van der Waals surface area contributed by atoms with Crippen molar-refractivity contribution in [3.05, 3.63) is 35.1 Å². The van der Waals surface area contributed by atoms with Crippen LogP contribution >= 0.6 is 0 Å². The van der Waals surface area contributed by atoms with Gasteiger partial charge in [-0.1, -0.05) is 59.3 Å². The normalized spacial score (nSPS) is 12.7. The lowest BCUT2D eigenvalue weighted by Crippen LogP contribution is -2.45. The molecule has 1 aromatic carbocycles. The van der Waals surface area contributed by atoms with E-state index >= 15 is 0 Å². The third kappa shape index (κ3) is 8.71. The standard InChI is InChI=1S/C22H31F4NO3/c1-4-5-6-7-8-9-10-13-30-21(29)19(15(2)3)27-20(28)17-12-11-16(23)14-18(17)22(24,25)26/h11-12,14-15,19H,4-10,13H2,1-3H3,(H,27,28). The number of nitrogens with one attached hydrogen (secondary N) is 1. The molecule has 0 aliphatic heterocycles. The molecule has 1 unspecified atom stereocenters. The van der Waals surface area contributed by atoms with E-state index in [0.717, 1.165) is 31.4 Å². The number of ether oxygens (including phenoxy) is 1. The number of carbonyl (C=O) groups is 2. The molecule has 4 nitrogen and oxygen atoms in total. The summed E-state index contributed by atoms with van der Waals surface area (Å²) in [6.07, 6.45) is 2.43. The fourth-order valence-electron chi connectivity index (χ4n) is 2.99. The smallest absolute Gasteiger partial charge is 0.417 e. The SMILES string of the molecule is CCCCCCCCCOC(=O)C(NC(=O)c1ccc(F)cc1C(F)(F)F)C(C)C. The second-order valence-electron chi connectivity index (χ2n) is 7.67. The van der Waals surface area contributed by atoms with E-state index in [9.17, 15) is 27.2 Å². The zero-order chi connectivity index (χ0) is 22.7. The number of hydrogen-bond acceptors (Lipinski definition) is 3. The second-order valence-corrected chi connectivity index (χ2v) is 7.67. The van der Waals surface area contributed by atoms with Gasteiger partial charge in [-0.2, -0.15) is 13.2 Å². The number of halogens is 4. The van der Waals surface area contributed by atoms with Crippen molar-refractivity contribution in [1.29, 1.82) is 0 Å². The number of rotatable bonds is 12. The molecule has 1 amide bonds. The van der Waals surface area contributed by atoms with Crippen molar-refractivity contribution in [2.24, 2.45) is 5.92 Å². The summed E-state index contributed by atoms with van der Waals surface area (Å²) in [5, 5.41) is 2.30. The van der Waals surface area contributed by atoms with E-state index in [2.05, 4.69) is 12.2 Å². The molecule has 0 heterocycles. The first-order valence-corrected chi connectivity index (χ1v) is 10.4. The van der Waals surface area contributed by atoms with Gasteiger partial charge in [0.05, 0.1) is 17.7 Å². The molecule has 0 saturated heterocycles. The van der Waals surface area contributed by atoms with Crippen LogP contribution in [0.1, 0.15) is 81.6 Å². The van der Waals surface area contributed by atoms with Crippen molar-refractivity contribution in [3.63, 3.8) is 0 Å². The molecule has 1 N–H and O–H groups in total. The average molecular weight is 433 g/mol. The second kappa shape index (κ2) is 12.5. The Morgan fingerprint density at radius 1 is 1.03 bits per heavy atom. The summed E-state index contributed by atoms with van der Waals surface area (Å²) in [5.74, 6) is -3.30. The summed E-state index contributed by atoms with van der Waals surface area (Å²) in [6, 6.07) is 0.688. The first kappa shape index (κ1) is 25.9. The predicted octanol–water partition coefficient (Wildman–Crippen LogP) is 5.89. The predicted molar refractivity (Wildman–Crippen MR) is 106 cm³/mol. The zero-order valence-electron chi connectivity index (χ0n) is 17.8. The van der Waals surface area contributed by atoms with E-state index in [-0.39, 0.29) is 12.7 Å². The molecule has 0 saturated carbocycles. The van der Waals surface area contributed by atoms with Crippen LogP contribution in [0.3, 0.4) is 0 Å². The number of hydrogen-bond donors (Lipinski definition) is 1. The molecule has 0 spiro atoms. The van der Waals surface area contributed by atoms with E-state index in [1.807, 2.05) is 0 Å². The first-order chi connectivity index (χ1) is 14.1. The van der Waals surface area contributed by atoms with Crippen molar-refractivity contribution < 1.29 is 31.9 Å². The Bertz CT molecular complexity index is 689. The fraction of sp³-hybridized carbons (Fsp3) is 0.636. The highest BCUT2D eigenvalue weighted by Gasteiger charge is 2.37. The minimum Gasteiger partial charge on any atom is -0.464 e. The molecule has 30 heavy (non-hydrogen) atoms. The van der Waals surface area contributed by atoms with Crippen LogP contribution in [0.5, 0.6) is 0 Å². The summed E-state index contributed by atoms with van der Waals surface area (Å²) >= 11 is 0. The molecule has 8 heteroatoms. The molecule has 0 radical (unpaired) electrons. The van der Waals surface area contributed by atoms with Gasteiger partial charge in [0.1, 0.15) is 11.9 Å². The van der Waals surface area contributed by atoms with E-state index in [1.165, 1.54) is 19.3 Å². The number of carbonyl (C=O) groups excluding carboxylic acids is 2. The summed E-state index contributed by atoms with van der Waals surface area (Å²) in [4.78, 5) is 24.7. The van der Waals surface area contributed by atoms with E-state index in [1.54, 1.807) is 13.8 Å². The van der Waals surface area contributed by atoms with Gasteiger partial charge in [-0.05, 0) is 30.5 Å². The molecule has 0 aromatic heterocycles. The van der Waals surface area contributed by atoms with Crippen LogP contribution in [-0.4, -0.2) is 24.5 Å². The molecule has 0 bridgehead atoms. The highest BCUT2D eigenvalue weighted by atomic mass is 19.4. The summed E-state index contributed by atoms with van der Waals surface area (Å²) < 4.78 is 57.9. The number of esters is 1. The van der Waals surface area contributed by atoms with Crippen LogP contribution in [0.25, 0.3) is 0 Å². The molecule has 0 aliphatic carbocycles.